The number of hydrogen-bond donors (Lipinski definition) is 1. The van der Waals surface area contributed by atoms with Gasteiger partial charge in [-0.05, 0) is 42.8 Å². The second-order valence-corrected chi connectivity index (χ2v) is 6.72. The van der Waals surface area contributed by atoms with E-state index in [-0.39, 0.29) is 0 Å². The zero-order valence-electron chi connectivity index (χ0n) is 12.6. The zero-order chi connectivity index (χ0) is 16.9. The van der Waals surface area contributed by atoms with Gasteiger partial charge in [0, 0.05) is 6.26 Å². The molecule has 7 heteroatoms. The summed E-state index contributed by atoms with van der Waals surface area (Å²) in [4.78, 5) is 3.97. The Morgan fingerprint density at radius 3 is 2.48 bits per heavy atom. The fourth-order valence-corrected chi connectivity index (χ4v) is 2.30. The van der Waals surface area contributed by atoms with Crippen LogP contribution >= 0.6 is 0 Å². The van der Waals surface area contributed by atoms with E-state index in [1.165, 1.54) is 0 Å². The van der Waals surface area contributed by atoms with Gasteiger partial charge in [0.1, 0.15) is 11.5 Å². The number of para-hydroxylation sites is 1. The number of aliphatic imine (C=N–C) groups is 1. The quantitative estimate of drug-likeness (QED) is 0.404. The maximum atomic E-state index is 11.5. The smallest absolute Gasteiger partial charge is 0.234 e. The van der Waals surface area contributed by atoms with Crippen LogP contribution in [-0.4, -0.2) is 19.8 Å². The number of sulfone groups is 1. The third-order valence-electron chi connectivity index (χ3n) is 2.87. The zero-order valence-corrected chi connectivity index (χ0v) is 13.5. The van der Waals surface area contributed by atoms with Gasteiger partial charge in [0.15, 0.2) is 6.19 Å². The van der Waals surface area contributed by atoms with E-state index in [1.54, 1.807) is 24.4 Å². The van der Waals surface area contributed by atoms with E-state index in [1.807, 2.05) is 37.3 Å². The van der Waals surface area contributed by atoms with Crippen LogP contribution in [0.1, 0.15) is 5.56 Å². The molecule has 0 heterocycles. The van der Waals surface area contributed by atoms with E-state index < -0.39 is 15.0 Å². The SMILES string of the molecule is Cc1cc(N=C(NC#N)S(C)(=O)=O)ccc1Oc1ccccc1. The van der Waals surface area contributed by atoms with Crippen LogP contribution in [0.2, 0.25) is 0 Å². The van der Waals surface area contributed by atoms with Crippen molar-refractivity contribution in [3.63, 3.8) is 0 Å². The number of amidine groups is 1. The predicted molar refractivity (Wildman–Crippen MR) is 88.4 cm³/mol. The average molecular weight is 329 g/mol. The molecule has 0 aromatic heterocycles. The summed E-state index contributed by atoms with van der Waals surface area (Å²) in [6.07, 6.45) is 2.55. The number of nitrogens with one attached hydrogen (secondary N) is 1. The summed E-state index contributed by atoms with van der Waals surface area (Å²) >= 11 is 0. The lowest BCUT2D eigenvalue weighted by Gasteiger charge is -2.09. The number of aryl methyl sites for hydroxylation is 1. The summed E-state index contributed by atoms with van der Waals surface area (Å²) < 4.78 is 28.8. The van der Waals surface area contributed by atoms with Crippen LogP contribution in [0.5, 0.6) is 11.5 Å². The highest BCUT2D eigenvalue weighted by molar-refractivity contribution is 8.05. The summed E-state index contributed by atoms with van der Waals surface area (Å²) in [7, 11) is -3.61. The largest absolute Gasteiger partial charge is 0.457 e. The molecule has 0 amide bonds. The lowest BCUT2D eigenvalue weighted by atomic mass is 10.2. The van der Waals surface area contributed by atoms with Crippen LogP contribution in [0.4, 0.5) is 5.69 Å². The van der Waals surface area contributed by atoms with Crippen molar-refractivity contribution in [3.05, 3.63) is 54.1 Å². The molecule has 0 spiro atoms. The third kappa shape index (κ3) is 4.56. The number of nitrogens with zero attached hydrogens (tertiary/aromatic N) is 2. The van der Waals surface area contributed by atoms with Gasteiger partial charge in [-0.15, -0.1) is 0 Å². The lowest BCUT2D eigenvalue weighted by Crippen LogP contribution is -2.26. The fraction of sp³-hybridized carbons (Fsp3) is 0.125. The molecule has 23 heavy (non-hydrogen) atoms. The normalized spacial score (nSPS) is 11.6. The fourth-order valence-electron chi connectivity index (χ4n) is 1.80. The van der Waals surface area contributed by atoms with Crippen molar-refractivity contribution in [1.82, 2.24) is 5.32 Å². The molecule has 2 aromatic rings. The minimum absolute atomic E-state index is 0.392. The van der Waals surface area contributed by atoms with E-state index in [0.717, 1.165) is 11.8 Å². The number of nitriles is 1. The second-order valence-electron chi connectivity index (χ2n) is 4.79. The van der Waals surface area contributed by atoms with Gasteiger partial charge in [0.05, 0.1) is 5.69 Å². The van der Waals surface area contributed by atoms with Crippen LogP contribution in [-0.2, 0) is 9.84 Å². The van der Waals surface area contributed by atoms with E-state index in [9.17, 15) is 8.42 Å². The van der Waals surface area contributed by atoms with Gasteiger partial charge in [-0.1, -0.05) is 18.2 Å². The number of benzene rings is 2. The average Bonchev–Trinajstić information content (AvgIpc) is 2.50. The van der Waals surface area contributed by atoms with Gasteiger partial charge in [-0.2, -0.15) is 5.26 Å². The maximum absolute atomic E-state index is 11.5. The van der Waals surface area contributed by atoms with Crippen LogP contribution in [0.3, 0.4) is 0 Å². The molecule has 0 bridgehead atoms. The van der Waals surface area contributed by atoms with Gasteiger partial charge in [-0.25, -0.2) is 13.4 Å². The van der Waals surface area contributed by atoms with Gasteiger partial charge >= 0.3 is 0 Å². The molecule has 0 unspecified atom stereocenters. The van der Waals surface area contributed by atoms with Crippen LogP contribution < -0.4 is 10.1 Å². The molecule has 1 N–H and O–H groups in total. The topological polar surface area (TPSA) is 91.5 Å². The molecule has 6 nitrogen and oxygen atoms in total. The summed E-state index contributed by atoms with van der Waals surface area (Å²) in [5.74, 6) is 1.35. The van der Waals surface area contributed by atoms with Crippen molar-refractivity contribution in [3.8, 4) is 17.7 Å². The molecule has 0 saturated carbocycles. The Morgan fingerprint density at radius 1 is 1.22 bits per heavy atom. The monoisotopic (exact) mass is 329 g/mol. The first-order chi connectivity index (χ1) is 10.9. The molecular formula is C16H15N3O3S. The molecule has 2 rings (SSSR count). The van der Waals surface area contributed by atoms with E-state index >= 15 is 0 Å². The molecule has 118 valence electrons. The Balaban J connectivity index is 2.30. The molecule has 0 fully saturated rings. The molecule has 0 saturated heterocycles. The summed E-state index contributed by atoms with van der Waals surface area (Å²) in [5.41, 5.74) is 1.20. The first-order valence-corrected chi connectivity index (χ1v) is 8.56. The summed E-state index contributed by atoms with van der Waals surface area (Å²) in [6, 6.07) is 14.3. The van der Waals surface area contributed by atoms with Crippen molar-refractivity contribution in [2.75, 3.05) is 6.26 Å². The van der Waals surface area contributed by atoms with Gasteiger partial charge in [0.2, 0.25) is 15.0 Å². The Kier molecular flexibility index (Phi) is 4.98. The minimum Gasteiger partial charge on any atom is -0.457 e. The standard InChI is InChI=1S/C16H15N3O3S/c1-12-10-13(19-16(18-11-17)23(2,20)21)8-9-15(12)22-14-6-4-3-5-7-14/h3-10H,1-2H3,(H,18,19). The Labute approximate surface area is 135 Å². The summed E-state index contributed by atoms with van der Waals surface area (Å²) in [5, 5.41) is 10.3. The van der Waals surface area contributed by atoms with Crippen molar-refractivity contribution >= 4 is 20.7 Å². The van der Waals surface area contributed by atoms with Crippen molar-refractivity contribution in [1.29, 1.82) is 5.26 Å². The van der Waals surface area contributed by atoms with Gasteiger partial charge < -0.3 is 4.74 Å². The highest BCUT2D eigenvalue weighted by Crippen LogP contribution is 2.28. The van der Waals surface area contributed by atoms with E-state index in [4.69, 9.17) is 10.00 Å². The molecule has 0 radical (unpaired) electrons. The van der Waals surface area contributed by atoms with E-state index in [2.05, 4.69) is 10.3 Å². The minimum atomic E-state index is -3.61. The maximum Gasteiger partial charge on any atom is 0.234 e. The highest BCUT2D eigenvalue weighted by Gasteiger charge is 2.13. The number of rotatable bonds is 3. The first-order valence-electron chi connectivity index (χ1n) is 6.67. The third-order valence-corrected chi connectivity index (χ3v) is 3.77. The van der Waals surface area contributed by atoms with Crippen LogP contribution in [0.25, 0.3) is 0 Å². The van der Waals surface area contributed by atoms with Gasteiger partial charge in [0.25, 0.3) is 0 Å². The summed E-state index contributed by atoms with van der Waals surface area (Å²) in [6.45, 7) is 1.83. The molecule has 0 aliphatic heterocycles. The Hall–Kier alpha value is -2.85. The number of hydrogen-bond acceptors (Lipinski definition) is 5. The molecular weight excluding hydrogens is 314 g/mol. The van der Waals surface area contributed by atoms with Crippen molar-refractivity contribution in [2.45, 2.75) is 6.92 Å². The highest BCUT2D eigenvalue weighted by atomic mass is 32.2. The molecule has 2 aromatic carbocycles. The molecule has 0 atom stereocenters. The second kappa shape index (κ2) is 6.94. The van der Waals surface area contributed by atoms with Crippen LogP contribution in [0, 0.1) is 18.4 Å². The molecule has 0 aliphatic rings. The van der Waals surface area contributed by atoms with Crippen LogP contribution in [0.15, 0.2) is 53.5 Å². The first kappa shape index (κ1) is 16.5. The Bertz CT molecular complexity index is 869. The predicted octanol–water partition coefficient (Wildman–Crippen LogP) is 2.89. The van der Waals surface area contributed by atoms with Gasteiger partial charge in [-0.3, -0.25) is 5.32 Å². The number of ether oxygens (including phenoxy) is 1. The van der Waals surface area contributed by atoms with Crippen molar-refractivity contribution in [2.24, 2.45) is 4.99 Å². The van der Waals surface area contributed by atoms with Crippen molar-refractivity contribution < 1.29 is 13.2 Å². The van der Waals surface area contributed by atoms with E-state index in [0.29, 0.717) is 17.2 Å². The Morgan fingerprint density at radius 2 is 1.91 bits per heavy atom. The molecule has 0 aliphatic carbocycles. The lowest BCUT2D eigenvalue weighted by molar-refractivity contribution is 0.479.